The van der Waals surface area contributed by atoms with Crippen molar-refractivity contribution < 1.29 is 29.0 Å². The van der Waals surface area contributed by atoms with Gasteiger partial charge in [0.05, 0.1) is 19.8 Å². The molecule has 0 radical (unpaired) electrons. The molecule has 0 bridgehead atoms. The molecule has 1 aliphatic heterocycles. The largest absolute Gasteiger partial charge is 0.467 e. The van der Waals surface area contributed by atoms with E-state index in [1.807, 2.05) is 0 Å². The van der Waals surface area contributed by atoms with Gasteiger partial charge in [-0.25, -0.2) is 9.59 Å². The Kier molecular flexibility index (Phi) is 5.63. The predicted molar refractivity (Wildman–Crippen MR) is 81.6 cm³/mol. The van der Waals surface area contributed by atoms with Crippen LogP contribution in [0.2, 0.25) is 0 Å². The Morgan fingerprint density at radius 2 is 1.74 bits per heavy atom. The number of carbonyl (C=O) groups excluding carboxylic acids is 3. The number of nitrogens with one attached hydrogen (secondary N) is 1. The van der Waals surface area contributed by atoms with E-state index < -0.39 is 41.3 Å². The number of aliphatic hydroxyl groups is 1. The van der Waals surface area contributed by atoms with Gasteiger partial charge in [0, 0.05) is 6.42 Å². The Hall–Kier alpha value is -1.83. The van der Waals surface area contributed by atoms with Crippen LogP contribution in [0, 0.1) is 0 Å². The maximum Gasteiger partial charge on any atom is 0.411 e. The van der Waals surface area contributed by atoms with Gasteiger partial charge in [-0.05, 0) is 34.6 Å². The summed E-state index contributed by atoms with van der Waals surface area (Å²) in [4.78, 5) is 37.5. The summed E-state index contributed by atoms with van der Waals surface area (Å²) in [5.74, 6) is -1.14. The zero-order chi connectivity index (χ0) is 18.0. The number of β-amino-alcohol motifs (C(OH)–C–C–N with tert-alkyl or cyclic N) is 1. The number of nitrogens with zero attached hydrogens (tertiary/aromatic N) is 1. The van der Waals surface area contributed by atoms with E-state index in [1.54, 1.807) is 20.8 Å². The molecule has 0 saturated carbocycles. The Morgan fingerprint density at radius 3 is 2.22 bits per heavy atom. The summed E-state index contributed by atoms with van der Waals surface area (Å²) in [6.45, 7) is 8.15. The molecule has 2 unspecified atom stereocenters. The van der Waals surface area contributed by atoms with Crippen molar-refractivity contribution in [2.75, 3.05) is 13.7 Å². The lowest BCUT2D eigenvalue weighted by atomic mass is 10.0. The summed E-state index contributed by atoms with van der Waals surface area (Å²) >= 11 is 0. The lowest BCUT2D eigenvalue weighted by molar-refractivity contribution is -0.149. The molecule has 2 atom stereocenters. The average molecular weight is 330 g/mol. The highest BCUT2D eigenvalue weighted by Gasteiger charge is 2.43. The van der Waals surface area contributed by atoms with Crippen molar-refractivity contribution in [3.05, 3.63) is 0 Å². The van der Waals surface area contributed by atoms with Gasteiger partial charge < -0.3 is 19.9 Å². The third kappa shape index (κ3) is 5.09. The van der Waals surface area contributed by atoms with Crippen LogP contribution in [0.15, 0.2) is 0 Å². The second-order valence-corrected chi connectivity index (χ2v) is 7.14. The van der Waals surface area contributed by atoms with Gasteiger partial charge in [0.1, 0.15) is 17.2 Å². The SMILES string of the molecule is COC(=O)C(C)(C)NC(=O)C1CC(O)CN1C(=O)OC(C)(C)C. The minimum absolute atomic E-state index is 0.00561. The molecule has 1 rings (SSSR count). The van der Waals surface area contributed by atoms with E-state index in [1.165, 1.54) is 25.9 Å². The number of aliphatic hydroxyl groups excluding tert-OH is 1. The van der Waals surface area contributed by atoms with Gasteiger partial charge in [0.2, 0.25) is 5.91 Å². The maximum atomic E-state index is 12.4. The van der Waals surface area contributed by atoms with E-state index in [-0.39, 0.29) is 13.0 Å². The Labute approximate surface area is 136 Å². The molecular weight excluding hydrogens is 304 g/mol. The van der Waals surface area contributed by atoms with Crippen molar-refractivity contribution in [3.63, 3.8) is 0 Å². The zero-order valence-electron chi connectivity index (χ0n) is 14.5. The van der Waals surface area contributed by atoms with Crippen LogP contribution in [-0.2, 0) is 19.1 Å². The summed E-state index contributed by atoms with van der Waals surface area (Å²) in [6, 6.07) is -0.899. The van der Waals surface area contributed by atoms with Crippen molar-refractivity contribution in [1.82, 2.24) is 10.2 Å². The van der Waals surface area contributed by atoms with E-state index in [9.17, 15) is 19.5 Å². The lowest BCUT2D eigenvalue weighted by Gasteiger charge is -2.30. The molecule has 0 aromatic heterocycles. The van der Waals surface area contributed by atoms with Crippen LogP contribution in [0.5, 0.6) is 0 Å². The highest BCUT2D eigenvalue weighted by Crippen LogP contribution is 2.22. The van der Waals surface area contributed by atoms with Crippen LogP contribution in [0.1, 0.15) is 41.0 Å². The van der Waals surface area contributed by atoms with E-state index >= 15 is 0 Å². The van der Waals surface area contributed by atoms with Crippen LogP contribution >= 0.6 is 0 Å². The molecule has 1 heterocycles. The number of rotatable bonds is 3. The number of methoxy groups -OCH3 is 1. The van der Waals surface area contributed by atoms with Crippen LogP contribution in [-0.4, -0.2) is 64.9 Å². The molecule has 0 aromatic rings. The summed E-state index contributed by atoms with van der Waals surface area (Å²) in [6.07, 6.45) is -1.41. The van der Waals surface area contributed by atoms with Crippen molar-refractivity contribution in [2.45, 2.75) is 64.3 Å². The minimum atomic E-state index is -1.24. The number of amides is 2. The fourth-order valence-electron chi connectivity index (χ4n) is 2.28. The highest BCUT2D eigenvalue weighted by atomic mass is 16.6. The normalized spacial score (nSPS) is 21.8. The first-order valence-corrected chi connectivity index (χ1v) is 7.45. The van der Waals surface area contributed by atoms with E-state index in [0.29, 0.717) is 0 Å². The Bertz CT molecular complexity index is 483. The minimum Gasteiger partial charge on any atom is -0.467 e. The van der Waals surface area contributed by atoms with E-state index in [2.05, 4.69) is 10.1 Å². The fraction of sp³-hybridized carbons (Fsp3) is 0.800. The third-order valence-corrected chi connectivity index (χ3v) is 3.34. The van der Waals surface area contributed by atoms with Crippen molar-refractivity contribution in [2.24, 2.45) is 0 Å². The topological polar surface area (TPSA) is 105 Å². The number of hydrogen-bond donors (Lipinski definition) is 2. The fourth-order valence-corrected chi connectivity index (χ4v) is 2.28. The van der Waals surface area contributed by atoms with E-state index in [4.69, 9.17) is 4.74 Å². The molecule has 132 valence electrons. The number of esters is 1. The first-order chi connectivity index (χ1) is 10.4. The molecule has 1 aliphatic rings. The van der Waals surface area contributed by atoms with Crippen molar-refractivity contribution >= 4 is 18.0 Å². The standard InChI is InChI=1S/C15H26N2O6/c1-14(2,3)23-13(21)17-8-9(18)7-10(17)11(19)16-15(4,5)12(20)22-6/h9-10,18H,7-8H2,1-6H3,(H,16,19). The van der Waals surface area contributed by atoms with Crippen LogP contribution in [0.3, 0.4) is 0 Å². The second kappa shape index (κ2) is 6.74. The van der Waals surface area contributed by atoms with Crippen LogP contribution in [0.25, 0.3) is 0 Å². The molecule has 23 heavy (non-hydrogen) atoms. The highest BCUT2D eigenvalue weighted by molar-refractivity contribution is 5.91. The van der Waals surface area contributed by atoms with Crippen LogP contribution < -0.4 is 5.32 Å². The Morgan fingerprint density at radius 1 is 1.17 bits per heavy atom. The molecular formula is C15H26N2O6. The first-order valence-electron chi connectivity index (χ1n) is 7.45. The molecule has 8 heteroatoms. The van der Waals surface area contributed by atoms with Crippen molar-refractivity contribution in [1.29, 1.82) is 0 Å². The molecule has 0 spiro atoms. The quantitative estimate of drug-likeness (QED) is 0.727. The monoisotopic (exact) mass is 330 g/mol. The van der Waals surface area contributed by atoms with Gasteiger partial charge >= 0.3 is 12.1 Å². The third-order valence-electron chi connectivity index (χ3n) is 3.34. The van der Waals surface area contributed by atoms with Gasteiger partial charge in [0.25, 0.3) is 0 Å². The van der Waals surface area contributed by atoms with Gasteiger partial charge in [-0.1, -0.05) is 0 Å². The predicted octanol–water partition coefficient (Wildman–Crippen LogP) is 0.425. The van der Waals surface area contributed by atoms with Gasteiger partial charge in [0.15, 0.2) is 0 Å². The molecule has 8 nitrogen and oxygen atoms in total. The average Bonchev–Trinajstić information content (AvgIpc) is 2.77. The van der Waals surface area contributed by atoms with E-state index in [0.717, 1.165) is 0 Å². The molecule has 1 fully saturated rings. The summed E-state index contributed by atoms with van der Waals surface area (Å²) in [5, 5.41) is 12.3. The lowest BCUT2D eigenvalue weighted by Crippen LogP contribution is -2.56. The molecule has 0 aliphatic carbocycles. The number of ether oxygens (including phenoxy) is 2. The molecule has 2 N–H and O–H groups in total. The molecule has 2 amide bonds. The number of carbonyl (C=O) groups is 3. The molecule has 1 saturated heterocycles. The van der Waals surface area contributed by atoms with Crippen molar-refractivity contribution in [3.8, 4) is 0 Å². The zero-order valence-corrected chi connectivity index (χ0v) is 14.5. The summed E-state index contributed by atoms with van der Waals surface area (Å²) in [5.41, 5.74) is -1.95. The number of likely N-dealkylation sites (tertiary alicyclic amines) is 1. The Balaban J connectivity index is 2.85. The molecule has 0 aromatic carbocycles. The van der Waals surface area contributed by atoms with Gasteiger partial charge in [-0.3, -0.25) is 9.69 Å². The van der Waals surface area contributed by atoms with Gasteiger partial charge in [-0.2, -0.15) is 0 Å². The summed E-state index contributed by atoms with van der Waals surface area (Å²) < 4.78 is 9.88. The second-order valence-electron chi connectivity index (χ2n) is 7.14. The smallest absolute Gasteiger partial charge is 0.411 e. The van der Waals surface area contributed by atoms with Crippen LogP contribution in [0.4, 0.5) is 4.79 Å². The maximum absolute atomic E-state index is 12.4. The van der Waals surface area contributed by atoms with Gasteiger partial charge in [-0.15, -0.1) is 0 Å². The first kappa shape index (κ1) is 19.2. The summed E-state index contributed by atoms with van der Waals surface area (Å²) in [7, 11) is 1.22. The number of hydrogen-bond acceptors (Lipinski definition) is 6.